The second kappa shape index (κ2) is 6.27. The maximum Gasteiger partial charge on any atom is 0.341 e. The molecule has 0 spiro atoms. The molecule has 0 rings (SSSR count). The van der Waals surface area contributed by atoms with Crippen molar-refractivity contribution in [2.75, 3.05) is 13.2 Å². The summed E-state index contributed by atoms with van der Waals surface area (Å²) < 4.78 is 5.24. The number of halogens is 3. The van der Waals surface area contributed by atoms with Crippen LogP contribution in [0.25, 0.3) is 0 Å². The third-order valence-corrected chi connectivity index (χ3v) is 3.72. The van der Waals surface area contributed by atoms with Crippen LogP contribution in [0.2, 0.25) is 6.04 Å². The summed E-state index contributed by atoms with van der Waals surface area (Å²) in [4.78, 5) is 0. The molecule has 72 valence electrons. The molecule has 0 saturated carbocycles. The van der Waals surface area contributed by atoms with Gasteiger partial charge in [0, 0.05) is 6.61 Å². The molecule has 0 unspecified atom stereocenters. The van der Waals surface area contributed by atoms with E-state index in [1.807, 2.05) is 6.92 Å². The van der Waals surface area contributed by atoms with E-state index in [4.69, 9.17) is 38.0 Å². The summed E-state index contributed by atoms with van der Waals surface area (Å²) in [6.45, 7) is 6.87. The molecule has 5 heteroatoms. The summed E-state index contributed by atoms with van der Waals surface area (Å²) >= 11 is 17.0. The van der Waals surface area contributed by atoms with Gasteiger partial charge in [-0.15, -0.1) is 33.2 Å². The largest absolute Gasteiger partial charge is 0.377 e. The molecule has 0 radical (unpaired) electrons. The normalized spacial score (nSPS) is 11.7. The first-order chi connectivity index (χ1) is 5.42. The van der Waals surface area contributed by atoms with Crippen LogP contribution >= 0.6 is 33.2 Å². The van der Waals surface area contributed by atoms with Crippen molar-refractivity contribution in [3.63, 3.8) is 0 Å². The molecule has 0 heterocycles. The smallest absolute Gasteiger partial charge is 0.341 e. The molecule has 0 bridgehead atoms. The van der Waals surface area contributed by atoms with E-state index < -0.39 is 6.00 Å². The lowest BCUT2D eigenvalue weighted by Gasteiger charge is -2.07. The van der Waals surface area contributed by atoms with Crippen LogP contribution in [0, 0.1) is 0 Å². The van der Waals surface area contributed by atoms with Gasteiger partial charge < -0.3 is 4.74 Å². The van der Waals surface area contributed by atoms with E-state index in [-0.39, 0.29) is 0 Å². The summed E-state index contributed by atoms with van der Waals surface area (Å²) in [5.74, 6) is 0. The van der Waals surface area contributed by atoms with Crippen molar-refractivity contribution in [2.45, 2.75) is 19.4 Å². The van der Waals surface area contributed by atoms with Crippen LogP contribution in [-0.4, -0.2) is 19.2 Å². The van der Waals surface area contributed by atoms with E-state index >= 15 is 0 Å². The van der Waals surface area contributed by atoms with Crippen molar-refractivity contribution in [3.8, 4) is 0 Å². The van der Waals surface area contributed by atoms with Gasteiger partial charge in [-0.2, -0.15) is 0 Å². The molecule has 0 aliphatic heterocycles. The first kappa shape index (κ1) is 12.8. The fourth-order valence-electron chi connectivity index (χ4n) is 0.621. The Balaban J connectivity index is 3.17. The Bertz CT molecular complexity index is 144. The molecule has 0 amide bonds. The van der Waals surface area contributed by atoms with E-state index in [9.17, 15) is 0 Å². The van der Waals surface area contributed by atoms with Gasteiger partial charge in [-0.25, -0.2) is 0 Å². The van der Waals surface area contributed by atoms with E-state index in [1.165, 1.54) is 0 Å². The molecule has 0 aromatic carbocycles. The van der Waals surface area contributed by atoms with Crippen molar-refractivity contribution in [1.82, 2.24) is 0 Å². The molecule has 0 atom stereocenters. The van der Waals surface area contributed by atoms with Gasteiger partial charge in [-0.1, -0.05) is 12.2 Å². The van der Waals surface area contributed by atoms with Crippen LogP contribution in [0.1, 0.15) is 13.3 Å². The lowest BCUT2D eigenvalue weighted by molar-refractivity contribution is 0.157. The minimum atomic E-state index is -2.42. The standard InChI is InChI=1S/C7H13Cl3OSi/c1-7(2)6-11-4-3-5-12(8,9)10/h1,3-6H2,2H3. The fraction of sp³-hybridized carbons (Fsp3) is 0.714. The van der Waals surface area contributed by atoms with Gasteiger partial charge in [0.1, 0.15) is 0 Å². The van der Waals surface area contributed by atoms with E-state index in [1.54, 1.807) is 0 Å². The molecule has 0 fully saturated rings. The van der Waals surface area contributed by atoms with Crippen LogP contribution in [-0.2, 0) is 4.74 Å². The fourth-order valence-corrected chi connectivity index (χ4v) is 2.37. The molecule has 1 nitrogen and oxygen atoms in total. The minimum absolute atomic E-state index is 0.599. The molecule has 0 aromatic rings. The molecule has 0 aromatic heterocycles. The summed E-state index contributed by atoms with van der Waals surface area (Å²) in [7, 11) is 0. The highest BCUT2D eigenvalue weighted by atomic mass is 35.8. The Hall–Kier alpha value is 0.787. The lowest BCUT2D eigenvalue weighted by Crippen LogP contribution is -2.10. The molecule has 0 aliphatic carbocycles. The second-order valence-corrected chi connectivity index (χ2v) is 12.0. The SMILES string of the molecule is C=C(C)COCCC[Si](Cl)(Cl)Cl. The van der Waals surface area contributed by atoms with Crippen molar-refractivity contribution < 1.29 is 4.74 Å². The Morgan fingerprint density at radius 2 is 2.00 bits per heavy atom. The predicted molar refractivity (Wildman–Crippen MR) is 58.4 cm³/mol. The Kier molecular flexibility index (Phi) is 6.68. The average molecular weight is 248 g/mol. The highest BCUT2D eigenvalue weighted by molar-refractivity contribution is 7.64. The van der Waals surface area contributed by atoms with Crippen molar-refractivity contribution in [2.24, 2.45) is 0 Å². The summed E-state index contributed by atoms with van der Waals surface area (Å²) in [5, 5.41) is 0. The van der Waals surface area contributed by atoms with Crippen LogP contribution in [0.5, 0.6) is 0 Å². The lowest BCUT2D eigenvalue weighted by atomic mass is 10.4. The molecule has 12 heavy (non-hydrogen) atoms. The van der Waals surface area contributed by atoms with Crippen molar-refractivity contribution in [1.29, 1.82) is 0 Å². The highest BCUT2D eigenvalue weighted by Crippen LogP contribution is 2.26. The van der Waals surface area contributed by atoms with Crippen LogP contribution in [0.15, 0.2) is 12.2 Å². The average Bonchev–Trinajstić information content (AvgIpc) is 1.83. The quantitative estimate of drug-likeness (QED) is 0.301. The van der Waals surface area contributed by atoms with Gasteiger partial charge in [0.05, 0.1) is 6.61 Å². The first-order valence-electron chi connectivity index (χ1n) is 3.70. The minimum Gasteiger partial charge on any atom is -0.377 e. The van der Waals surface area contributed by atoms with Crippen molar-refractivity contribution in [3.05, 3.63) is 12.2 Å². The molecular formula is C7H13Cl3OSi. The topological polar surface area (TPSA) is 9.23 Å². The number of hydrogen-bond donors (Lipinski definition) is 0. The van der Waals surface area contributed by atoms with E-state index in [2.05, 4.69) is 6.58 Å². The van der Waals surface area contributed by atoms with Crippen molar-refractivity contribution >= 4 is 39.2 Å². The highest BCUT2D eigenvalue weighted by Gasteiger charge is 2.23. The van der Waals surface area contributed by atoms with Gasteiger partial charge >= 0.3 is 6.00 Å². The van der Waals surface area contributed by atoms with E-state index in [0.717, 1.165) is 12.0 Å². The molecular weight excluding hydrogens is 235 g/mol. The van der Waals surface area contributed by atoms with Gasteiger partial charge in [0.15, 0.2) is 0 Å². The van der Waals surface area contributed by atoms with Crippen LogP contribution in [0.4, 0.5) is 0 Å². The second-order valence-electron chi connectivity index (χ2n) is 2.73. The maximum absolute atomic E-state index is 5.67. The summed E-state index contributed by atoms with van der Waals surface area (Å²) in [6.07, 6.45) is 0.815. The molecule has 0 saturated heterocycles. The monoisotopic (exact) mass is 246 g/mol. The van der Waals surface area contributed by atoms with Crippen LogP contribution < -0.4 is 0 Å². The number of rotatable bonds is 6. The number of hydrogen-bond acceptors (Lipinski definition) is 1. The summed E-state index contributed by atoms with van der Waals surface area (Å²) in [5.41, 5.74) is 1.01. The zero-order chi connectivity index (χ0) is 9.61. The Labute approximate surface area is 88.8 Å². The third-order valence-electron chi connectivity index (χ3n) is 1.10. The van der Waals surface area contributed by atoms with Gasteiger partial charge in [0.2, 0.25) is 0 Å². The maximum atomic E-state index is 5.67. The molecule has 0 aliphatic rings. The Morgan fingerprint density at radius 1 is 1.42 bits per heavy atom. The predicted octanol–water partition coefficient (Wildman–Crippen LogP) is 3.62. The summed E-state index contributed by atoms with van der Waals surface area (Å²) in [6, 6.07) is -1.76. The zero-order valence-corrected chi connectivity index (χ0v) is 10.3. The Morgan fingerprint density at radius 3 is 2.42 bits per heavy atom. The van der Waals surface area contributed by atoms with E-state index in [0.29, 0.717) is 19.3 Å². The van der Waals surface area contributed by atoms with Gasteiger partial charge in [0.25, 0.3) is 0 Å². The van der Waals surface area contributed by atoms with Gasteiger partial charge in [-0.05, 0) is 19.4 Å². The molecule has 0 N–H and O–H groups in total. The van der Waals surface area contributed by atoms with Gasteiger partial charge in [-0.3, -0.25) is 0 Å². The zero-order valence-electron chi connectivity index (χ0n) is 7.08. The number of ether oxygens (including phenoxy) is 1. The third kappa shape index (κ3) is 10.8. The van der Waals surface area contributed by atoms with Crippen LogP contribution in [0.3, 0.4) is 0 Å². The first-order valence-corrected chi connectivity index (χ1v) is 8.95.